The minimum atomic E-state index is -1.32. The quantitative estimate of drug-likeness (QED) is 0.494. The molecule has 108 valence electrons. The topological polar surface area (TPSA) is 3.24 Å². The van der Waals surface area contributed by atoms with Crippen molar-refractivity contribution < 1.29 is 0 Å². The van der Waals surface area contributed by atoms with E-state index in [0.29, 0.717) is 0 Å². The molecule has 1 rings (SSSR count). The third-order valence-corrected chi connectivity index (χ3v) is 4.02. The van der Waals surface area contributed by atoms with Crippen molar-refractivity contribution >= 4 is 34.8 Å². The number of hydrogen-bond donors (Lipinski definition) is 0. The zero-order valence-corrected chi connectivity index (χ0v) is 13.9. The molecule has 0 spiro atoms. The average Bonchev–Trinajstić information content (AvgIpc) is 2.38. The van der Waals surface area contributed by atoms with E-state index in [0.717, 1.165) is 25.1 Å². The van der Waals surface area contributed by atoms with E-state index in [9.17, 15) is 0 Å². The van der Waals surface area contributed by atoms with Crippen LogP contribution < -0.4 is 0 Å². The molecule has 1 nitrogen and oxygen atoms in total. The first-order chi connectivity index (χ1) is 8.97. The highest BCUT2D eigenvalue weighted by atomic mass is 35.6. The summed E-state index contributed by atoms with van der Waals surface area (Å²) in [6.07, 6.45) is 3.51. The van der Waals surface area contributed by atoms with Crippen molar-refractivity contribution in [2.24, 2.45) is 0 Å². The molecule has 0 atom stereocenters. The molecule has 0 aliphatic carbocycles. The lowest BCUT2D eigenvalue weighted by Gasteiger charge is -2.17. The largest absolute Gasteiger partial charge is 0.304 e. The second-order valence-electron chi connectivity index (χ2n) is 4.68. The van der Waals surface area contributed by atoms with Crippen LogP contribution in [0, 0.1) is 0 Å². The van der Waals surface area contributed by atoms with Gasteiger partial charge in [0.15, 0.2) is 0 Å². The van der Waals surface area contributed by atoms with Crippen LogP contribution in [-0.2, 0) is 10.2 Å². The summed E-state index contributed by atoms with van der Waals surface area (Å²) in [6, 6.07) is 7.89. The van der Waals surface area contributed by atoms with E-state index < -0.39 is 3.79 Å². The van der Waals surface area contributed by atoms with E-state index >= 15 is 0 Å². The van der Waals surface area contributed by atoms with E-state index in [1.54, 1.807) is 0 Å². The molecule has 0 aromatic heterocycles. The highest BCUT2D eigenvalue weighted by Crippen LogP contribution is 2.38. The number of alkyl halides is 3. The van der Waals surface area contributed by atoms with Gasteiger partial charge < -0.3 is 4.90 Å². The maximum Gasteiger partial charge on any atom is 0.216 e. The number of halogens is 3. The fourth-order valence-corrected chi connectivity index (χ4v) is 2.44. The van der Waals surface area contributed by atoms with Crippen LogP contribution in [0.2, 0.25) is 0 Å². The fourth-order valence-electron chi connectivity index (χ4n) is 2.06. The molecule has 0 N–H and O–H groups in total. The summed E-state index contributed by atoms with van der Waals surface area (Å²) in [6.45, 7) is 7.86. The van der Waals surface area contributed by atoms with Crippen LogP contribution in [0.15, 0.2) is 24.3 Å². The molecule has 0 bridgehead atoms. The molecule has 0 aliphatic heterocycles. The Hall–Kier alpha value is 0.0500. The Balaban J connectivity index is 2.34. The van der Waals surface area contributed by atoms with Gasteiger partial charge in [0, 0.05) is 5.56 Å². The molecule has 0 fully saturated rings. The first kappa shape index (κ1) is 17.1. The minimum Gasteiger partial charge on any atom is -0.304 e. The molecule has 19 heavy (non-hydrogen) atoms. The second kappa shape index (κ2) is 8.36. The van der Waals surface area contributed by atoms with Gasteiger partial charge in [-0.3, -0.25) is 0 Å². The molecule has 1 aromatic rings. The van der Waals surface area contributed by atoms with Crippen molar-refractivity contribution in [1.29, 1.82) is 0 Å². The smallest absolute Gasteiger partial charge is 0.216 e. The summed E-state index contributed by atoms with van der Waals surface area (Å²) in [5, 5.41) is 0. The minimum absolute atomic E-state index is 0.726. The average molecular weight is 323 g/mol. The molecule has 0 heterocycles. The van der Waals surface area contributed by atoms with Gasteiger partial charge in [-0.2, -0.15) is 0 Å². The number of hydrogen-bond acceptors (Lipinski definition) is 1. The SMILES string of the molecule is CCN(CC)CCCCc1ccc(C(Cl)(Cl)Cl)cc1. The van der Waals surface area contributed by atoms with Gasteiger partial charge in [0.2, 0.25) is 3.79 Å². The monoisotopic (exact) mass is 321 g/mol. The summed E-state index contributed by atoms with van der Waals surface area (Å²) in [4.78, 5) is 2.45. The Morgan fingerprint density at radius 2 is 1.53 bits per heavy atom. The second-order valence-corrected chi connectivity index (χ2v) is 6.96. The Bertz CT molecular complexity index is 353. The van der Waals surface area contributed by atoms with Crippen molar-refractivity contribution in [2.75, 3.05) is 19.6 Å². The Morgan fingerprint density at radius 1 is 0.947 bits per heavy atom. The summed E-state index contributed by atoms with van der Waals surface area (Å²) in [7, 11) is 0. The van der Waals surface area contributed by atoms with Crippen molar-refractivity contribution in [1.82, 2.24) is 4.90 Å². The molecular weight excluding hydrogens is 301 g/mol. The summed E-state index contributed by atoms with van der Waals surface area (Å²) in [5.41, 5.74) is 2.03. The Kier molecular flexibility index (Phi) is 7.53. The van der Waals surface area contributed by atoms with Crippen LogP contribution >= 0.6 is 34.8 Å². The van der Waals surface area contributed by atoms with E-state index in [2.05, 4.69) is 30.9 Å². The third-order valence-electron chi connectivity index (χ3n) is 3.37. The lowest BCUT2D eigenvalue weighted by atomic mass is 10.1. The molecule has 0 radical (unpaired) electrons. The molecule has 1 aromatic carbocycles. The third kappa shape index (κ3) is 6.35. The van der Waals surface area contributed by atoms with Crippen LogP contribution in [0.4, 0.5) is 0 Å². The van der Waals surface area contributed by atoms with Crippen LogP contribution in [0.5, 0.6) is 0 Å². The number of rotatable bonds is 7. The zero-order chi connectivity index (χ0) is 14.3. The number of unbranched alkanes of at least 4 members (excludes halogenated alkanes) is 1. The standard InChI is InChI=1S/C15H22Cl3N/c1-3-19(4-2)12-6-5-7-13-8-10-14(11-9-13)15(16,17)18/h8-11H,3-7,12H2,1-2H3. The van der Waals surface area contributed by atoms with Gasteiger partial charge in [-0.05, 0) is 44.5 Å². The fraction of sp³-hybridized carbons (Fsp3) is 0.600. The van der Waals surface area contributed by atoms with Crippen molar-refractivity contribution in [3.63, 3.8) is 0 Å². The van der Waals surface area contributed by atoms with Gasteiger partial charge >= 0.3 is 0 Å². The molecule has 0 unspecified atom stereocenters. The van der Waals surface area contributed by atoms with E-state index in [1.165, 1.54) is 24.9 Å². The molecule has 4 heteroatoms. The number of nitrogens with zero attached hydrogens (tertiary/aromatic N) is 1. The van der Waals surface area contributed by atoms with Crippen LogP contribution in [0.25, 0.3) is 0 Å². The van der Waals surface area contributed by atoms with Gasteiger partial charge in [0.05, 0.1) is 0 Å². The van der Waals surface area contributed by atoms with Gasteiger partial charge in [0.1, 0.15) is 0 Å². The van der Waals surface area contributed by atoms with Crippen LogP contribution in [0.3, 0.4) is 0 Å². The van der Waals surface area contributed by atoms with Gasteiger partial charge in [-0.15, -0.1) is 0 Å². The highest BCUT2D eigenvalue weighted by Gasteiger charge is 2.21. The lowest BCUT2D eigenvalue weighted by molar-refractivity contribution is 0.297. The van der Waals surface area contributed by atoms with Crippen molar-refractivity contribution in [3.05, 3.63) is 35.4 Å². The summed E-state index contributed by atoms with van der Waals surface area (Å²) < 4.78 is -1.32. The number of aryl methyl sites for hydroxylation is 1. The zero-order valence-electron chi connectivity index (χ0n) is 11.6. The Labute approximate surface area is 131 Å². The number of benzene rings is 1. The maximum absolute atomic E-state index is 5.83. The summed E-state index contributed by atoms with van der Waals surface area (Å²) in [5.74, 6) is 0. The van der Waals surface area contributed by atoms with E-state index in [1.807, 2.05) is 12.1 Å². The normalized spacial score (nSPS) is 12.1. The molecule has 0 aliphatic rings. The van der Waals surface area contributed by atoms with Crippen molar-refractivity contribution in [3.8, 4) is 0 Å². The Morgan fingerprint density at radius 3 is 2.00 bits per heavy atom. The molecule has 0 saturated carbocycles. The van der Waals surface area contributed by atoms with E-state index in [-0.39, 0.29) is 0 Å². The van der Waals surface area contributed by atoms with Crippen LogP contribution in [0.1, 0.15) is 37.8 Å². The van der Waals surface area contributed by atoms with Gasteiger partial charge in [0.25, 0.3) is 0 Å². The lowest BCUT2D eigenvalue weighted by Crippen LogP contribution is -2.23. The van der Waals surface area contributed by atoms with Crippen molar-refractivity contribution in [2.45, 2.75) is 36.9 Å². The molecular formula is C15H22Cl3N. The predicted octanol–water partition coefficient (Wildman–Crippen LogP) is 5.18. The van der Waals surface area contributed by atoms with Gasteiger partial charge in [-0.1, -0.05) is 72.9 Å². The predicted molar refractivity (Wildman–Crippen MR) is 86.4 cm³/mol. The van der Waals surface area contributed by atoms with Crippen LogP contribution in [-0.4, -0.2) is 24.5 Å². The highest BCUT2D eigenvalue weighted by molar-refractivity contribution is 6.66. The van der Waals surface area contributed by atoms with E-state index in [4.69, 9.17) is 34.8 Å². The molecule has 0 amide bonds. The first-order valence-corrected chi connectivity index (χ1v) is 7.99. The summed E-state index contributed by atoms with van der Waals surface area (Å²) >= 11 is 17.5. The van der Waals surface area contributed by atoms with Gasteiger partial charge in [-0.25, -0.2) is 0 Å². The first-order valence-electron chi connectivity index (χ1n) is 6.85. The maximum atomic E-state index is 5.83. The molecule has 0 saturated heterocycles.